The molecule has 7 nitrogen and oxygen atoms in total. The smallest absolute Gasteiger partial charge is 0.186 e. The number of hydrogen-bond acceptors (Lipinski definition) is 7. The minimum absolute atomic E-state index is 0.567. The number of aliphatic hydroxyl groups is 3. The van der Waals surface area contributed by atoms with Gasteiger partial charge in [-0.25, -0.2) is 0 Å². The highest BCUT2D eigenvalue weighted by Crippen LogP contribution is 2.34. The highest BCUT2D eigenvalue weighted by Gasteiger charge is 2.44. The summed E-state index contributed by atoms with van der Waals surface area (Å²) in [7, 11) is 3.10. The Kier molecular flexibility index (Phi) is 8.43. The third-order valence-electron chi connectivity index (χ3n) is 5.22. The Balaban J connectivity index is 1.72. The monoisotopic (exact) mass is 449 g/mol. The Morgan fingerprint density at radius 2 is 1.81 bits per heavy atom. The van der Waals surface area contributed by atoms with Gasteiger partial charge in [-0.15, -0.1) is 0 Å². The summed E-state index contributed by atoms with van der Waals surface area (Å²) in [5.41, 5.74) is 2.52. The number of rotatable bonds is 8. The summed E-state index contributed by atoms with van der Waals surface area (Å²) >= 11 is 6.40. The minimum atomic E-state index is -1.39. The molecule has 0 saturated carbocycles. The van der Waals surface area contributed by atoms with E-state index in [0.29, 0.717) is 23.6 Å². The Morgan fingerprint density at radius 3 is 2.48 bits per heavy atom. The lowest BCUT2D eigenvalue weighted by atomic mass is 9.92. The molecule has 1 aliphatic heterocycles. The molecule has 0 radical (unpaired) electrons. The van der Waals surface area contributed by atoms with Crippen molar-refractivity contribution in [2.45, 2.75) is 43.5 Å². The zero-order valence-corrected chi connectivity index (χ0v) is 18.3. The minimum Gasteiger partial charge on any atom is -0.493 e. The van der Waals surface area contributed by atoms with E-state index in [9.17, 15) is 15.3 Å². The highest BCUT2D eigenvalue weighted by molar-refractivity contribution is 6.31. The standard InChI is InChI=1S/C23H28ClNO6/c1-25-10-3-11-30-17-7-4-14(5-8-17)12-16-13-15(6-9-18(16)24)22-20(27)19(26)21(28)23(29-2)31-22/h4-10,13,19-23,26-28H,3,11-12H2,1-2H3/t19-,20-,21+,22?,23+/m1/s1. The first-order chi connectivity index (χ1) is 14.9. The van der Waals surface area contributed by atoms with E-state index < -0.39 is 30.7 Å². The van der Waals surface area contributed by atoms with Crippen molar-refractivity contribution in [2.75, 3.05) is 20.8 Å². The molecule has 0 aromatic heterocycles. The molecule has 1 heterocycles. The molecule has 168 valence electrons. The van der Waals surface area contributed by atoms with Crippen LogP contribution < -0.4 is 4.74 Å². The summed E-state index contributed by atoms with van der Waals surface area (Å²) in [6.07, 6.45) is -2.80. The van der Waals surface area contributed by atoms with E-state index in [0.717, 1.165) is 23.3 Å². The van der Waals surface area contributed by atoms with Gasteiger partial charge in [-0.3, -0.25) is 0 Å². The van der Waals surface area contributed by atoms with Crippen LogP contribution in [0.25, 0.3) is 0 Å². The van der Waals surface area contributed by atoms with Gasteiger partial charge in [0.05, 0.1) is 6.61 Å². The normalized spacial score (nSPS) is 26.3. The topological polar surface area (TPSA) is 101 Å². The molecular formula is C23H28ClNO6. The van der Waals surface area contributed by atoms with Crippen molar-refractivity contribution in [1.82, 2.24) is 0 Å². The van der Waals surface area contributed by atoms with E-state index in [4.69, 9.17) is 25.8 Å². The number of halogens is 1. The average Bonchev–Trinajstić information content (AvgIpc) is 2.78. The fourth-order valence-electron chi connectivity index (χ4n) is 3.51. The van der Waals surface area contributed by atoms with Gasteiger partial charge in [-0.05, 0) is 41.3 Å². The Morgan fingerprint density at radius 1 is 1.06 bits per heavy atom. The molecule has 1 fully saturated rings. The number of aliphatic imine (C=N–C) groups is 1. The summed E-state index contributed by atoms with van der Waals surface area (Å²) in [4.78, 5) is 3.92. The summed E-state index contributed by atoms with van der Waals surface area (Å²) in [6, 6.07) is 13.1. The van der Waals surface area contributed by atoms with Crippen LogP contribution in [0.15, 0.2) is 47.5 Å². The first-order valence-corrected chi connectivity index (χ1v) is 10.5. The van der Waals surface area contributed by atoms with Gasteiger partial charge in [-0.2, -0.15) is 0 Å². The lowest BCUT2D eigenvalue weighted by Crippen LogP contribution is -2.54. The third-order valence-corrected chi connectivity index (χ3v) is 5.59. The molecule has 2 aromatic rings. The van der Waals surface area contributed by atoms with Gasteiger partial charge < -0.3 is 34.5 Å². The Bertz CT molecular complexity index is 873. The van der Waals surface area contributed by atoms with Crippen molar-refractivity contribution in [3.05, 3.63) is 64.2 Å². The van der Waals surface area contributed by atoms with Crippen LogP contribution in [0.3, 0.4) is 0 Å². The SMILES string of the molecule is CN=CCCOc1ccc(Cc2cc(C3O[C@H](OC)[C@@H](O)[C@H](O)[C@H]3O)ccc2Cl)cc1. The molecule has 2 aromatic carbocycles. The lowest BCUT2D eigenvalue weighted by Gasteiger charge is -2.40. The van der Waals surface area contributed by atoms with Crippen LogP contribution in [0, 0.1) is 0 Å². The predicted octanol–water partition coefficient (Wildman–Crippen LogP) is 2.53. The molecule has 1 aliphatic rings. The maximum Gasteiger partial charge on any atom is 0.186 e. The van der Waals surface area contributed by atoms with Crippen molar-refractivity contribution in [3.8, 4) is 5.75 Å². The molecule has 3 rings (SSSR count). The first-order valence-electron chi connectivity index (χ1n) is 10.1. The average molecular weight is 450 g/mol. The summed E-state index contributed by atoms with van der Waals surface area (Å²) < 4.78 is 16.4. The number of methoxy groups -OCH3 is 1. The van der Waals surface area contributed by atoms with Gasteiger partial charge in [0.15, 0.2) is 6.29 Å². The molecule has 3 N–H and O–H groups in total. The van der Waals surface area contributed by atoms with Crippen LogP contribution in [0.2, 0.25) is 5.02 Å². The first kappa shape index (κ1) is 23.7. The van der Waals surface area contributed by atoms with E-state index in [1.807, 2.05) is 36.5 Å². The molecule has 1 saturated heterocycles. The molecule has 0 spiro atoms. The van der Waals surface area contributed by atoms with E-state index in [1.165, 1.54) is 7.11 Å². The number of aliphatic hydroxyl groups excluding tert-OH is 3. The van der Waals surface area contributed by atoms with E-state index in [1.54, 1.807) is 19.2 Å². The highest BCUT2D eigenvalue weighted by atomic mass is 35.5. The van der Waals surface area contributed by atoms with Crippen LogP contribution in [0.1, 0.15) is 29.2 Å². The van der Waals surface area contributed by atoms with E-state index in [2.05, 4.69) is 4.99 Å². The molecule has 1 unspecified atom stereocenters. The fraction of sp³-hybridized carbons (Fsp3) is 0.435. The molecule has 0 aliphatic carbocycles. The Labute approximate surface area is 186 Å². The molecule has 8 heteroatoms. The number of nitrogens with zero attached hydrogens (tertiary/aromatic N) is 1. The molecular weight excluding hydrogens is 422 g/mol. The van der Waals surface area contributed by atoms with Gasteiger partial charge in [0, 0.05) is 31.8 Å². The van der Waals surface area contributed by atoms with Crippen LogP contribution >= 0.6 is 11.6 Å². The zero-order chi connectivity index (χ0) is 22.4. The second kappa shape index (κ2) is 11.0. The number of hydrogen-bond donors (Lipinski definition) is 3. The van der Waals surface area contributed by atoms with Gasteiger partial charge in [0.2, 0.25) is 0 Å². The summed E-state index contributed by atoms with van der Waals surface area (Å²) in [6.45, 7) is 0.567. The number of benzene rings is 2. The second-order valence-corrected chi connectivity index (χ2v) is 7.79. The van der Waals surface area contributed by atoms with Gasteiger partial charge in [-0.1, -0.05) is 35.9 Å². The van der Waals surface area contributed by atoms with Gasteiger partial charge in [0.25, 0.3) is 0 Å². The molecule has 0 amide bonds. The van der Waals surface area contributed by atoms with Crippen molar-refractivity contribution in [2.24, 2.45) is 4.99 Å². The quantitative estimate of drug-likeness (QED) is 0.423. The predicted molar refractivity (Wildman–Crippen MR) is 118 cm³/mol. The second-order valence-electron chi connectivity index (χ2n) is 7.38. The third kappa shape index (κ3) is 5.83. The van der Waals surface area contributed by atoms with E-state index in [-0.39, 0.29) is 0 Å². The summed E-state index contributed by atoms with van der Waals surface area (Å²) in [5, 5.41) is 31.1. The Hall–Kier alpha value is -2.00. The number of ether oxygens (including phenoxy) is 3. The van der Waals surface area contributed by atoms with Crippen molar-refractivity contribution < 1.29 is 29.5 Å². The van der Waals surface area contributed by atoms with Gasteiger partial charge >= 0.3 is 0 Å². The van der Waals surface area contributed by atoms with Crippen molar-refractivity contribution in [1.29, 1.82) is 0 Å². The van der Waals surface area contributed by atoms with Crippen molar-refractivity contribution in [3.63, 3.8) is 0 Å². The maximum atomic E-state index is 10.4. The largest absolute Gasteiger partial charge is 0.493 e. The molecule has 5 atom stereocenters. The summed E-state index contributed by atoms with van der Waals surface area (Å²) in [5.74, 6) is 0.782. The van der Waals surface area contributed by atoms with Crippen LogP contribution in [-0.4, -0.2) is 66.9 Å². The molecule has 0 bridgehead atoms. The van der Waals surface area contributed by atoms with E-state index >= 15 is 0 Å². The van der Waals surface area contributed by atoms with Crippen LogP contribution in [0.4, 0.5) is 0 Å². The fourth-order valence-corrected chi connectivity index (χ4v) is 3.69. The van der Waals surface area contributed by atoms with Gasteiger partial charge in [0.1, 0.15) is 30.2 Å². The zero-order valence-electron chi connectivity index (χ0n) is 17.5. The molecule has 31 heavy (non-hydrogen) atoms. The maximum absolute atomic E-state index is 10.4. The van der Waals surface area contributed by atoms with Crippen molar-refractivity contribution >= 4 is 17.8 Å². The lowest BCUT2D eigenvalue weighted by molar-refractivity contribution is -0.292. The van der Waals surface area contributed by atoms with Crippen LogP contribution in [0.5, 0.6) is 5.75 Å². The van der Waals surface area contributed by atoms with Crippen LogP contribution in [-0.2, 0) is 15.9 Å².